The Labute approximate surface area is 195 Å². The highest BCUT2D eigenvalue weighted by atomic mass is 19.4. The number of alkyl halides is 6. The summed E-state index contributed by atoms with van der Waals surface area (Å²) in [6.07, 6.45) is -10.9. The van der Waals surface area contributed by atoms with E-state index in [1.54, 1.807) is 0 Å². The number of halogens is 6. The number of aromatic amines is 1. The molecule has 0 bridgehead atoms. The molecule has 36 heavy (non-hydrogen) atoms. The Bertz CT molecular complexity index is 1290. The van der Waals surface area contributed by atoms with E-state index in [-0.39, 0.29) is 28.7 Å². The third kappa shape index (κ3) is 5.86. The first-order valence-corrected chi connectivity index (χ1v) is 9.46. The van der Waals surface area contributed by atoms with Crippen LogP contribution >= 0.6 is 0 Å². The monoisotopic (exact) mass is 517 g/mol. The molecule has 3 amide bonds. The molecule has 3 aromatic rings. The number of nitrogens with zero attached hydrogens (tertiary/aromatic N) is 3. The van der Waals surface area contributed by atoms with Gasteiger partial charge in [0.1, 0.15) is 0 Å². The number of carboxylic acids is 1. The topological polar surface area (TPSA) is 176 Å². The minimum absolute atomic E-state index is 0.0833. The van der Waals surface area contributed by atoms with Gasteiger partial charge in [-0.1, -0.05) is 6.07 Å². The van der Waals surface area contributed by atoms with Crippen LogP contribution in [0, 0.1) is 0 Å². The number of anilines is 2. The summed E-state index contributed by atoms with van der Waals surface area (Å²) in [7, 11) is 0. The number of carbonyl (C=O) groups is 3. The number of benzene rings is 2. The van der Waals surface area contributed by atoms with Crippen LogP contribution in [0.2, 0.25) is 0 Å². The molecule has 190 valence electrons. The SMILES string of the molecule is NC(=O)c1c(CC(=O)O)ccc(NC(=O)Nc2cc(C(F)(F)F)cc(C(F)(F)F)c2)c1-c1nnn[nH]1. The van der Waals surface area contributed by atoms with Gasteiger partial charge < -0.3 is 21.5 Å². The van der Waals surface area contributed by atoms with Crippen LogP contribution in [0.3, 0.4) is 0 Å². The van der Waals surface area contributed by atoms with Crippen LogP contribution in [-0.4, -0.2) is 43.6 Å². The zero-order valence-corrected chi connectivity index (χ0v) is 17.5. The van der Waals surface area contributed by atoms with Crippen molar-refractivity contribution in [1.82, 2.24) is 20.6 Å². The van der Waals surface area contributed by atoms with Gasteiger partial charge in [-0.25, -0.2) is 9.89 Å². The van der Waals surface area contributed by atoms with Crippen LogP contribution in [0.5, 0.6) is 0 Å². The van der Waals surface area contributed by atoms with Crippen molar-refractivity contribution in [3.63, 3.8) is 0 Å². The number of nitrogens with two attached hydrogens (primary N) is 1. The lowest BCUT2D eigenvalue weighted by atomic mass is 9.96. The van der Waals surface area contributed by atoms with Crippen molar-refractivity contribution in [1.29, 1.82) is 0 Å². The number of urea groups is 1. The van der Waals surface area contributed by atoms with Crippen molar-refractivity contribution in [3.05, 3.63) is 52.6 Å². The van der Waals surface area contributed by atoms with E-state index in [2.05, 4.69) is 25.9 Å². The van der Waals surface area contributed by atoms with Crippen LogP contribution in [0.4, 0.5) is 42.5 Å². The van der Waals surface area contributed by atoms with Crippen molar-refractivity contribution in [2.45, 2.75) is 18.8 Å². The number of nitrogens with one attached hydrogen (secondary N) is 3. The number of hydrogen-bond donors (Lipinski definition) is 5. The predicted molar refractivity (Wildman–Crippen MR) is 109 cm³/mol. The standard InChI is InChI=1S/C19H13F6N7O4/c20-18(21,22)8-4-9(19(23,24)25)6-10(5-8)27-17(36)28-11-2-1-7(3-12(33)34)13(15(26)35)14(11)16-29-31-32-30-16/h1-2,4-6H,3H2,(H2,26,35)(H,33,34)(H2,27,28,36)(H,29,30,31,32). The number of carbonyl (C=O) groups excluding carboxylic acids is 2. The van der Waals surface area contributed by atoms with Crippen LogP contribution < -0.4 is 16.4 Å². The van der Waals surface area contributed by atoms with Gasteiger partial charge in [-0.2, -0.15) is 26.3 Å². The minimum Gasteiger partial charge on any atom is -0.481 e. The lowest BCUT2D eigenvalue weighted by Crippen LogP contribution is -2.23. The largest absolute Gasteiger partial charge is 0.481 e. The number of carboxylic acid groups (broad SMARTS) is 1. The lowest BCUT2D eigenvalue weighted by Gasteiger charge is -2.17. The van der Waals surface area contributed by atoms with Crippen molar-refractivity contribution in [2.24, 2.45) is 5.73 Å². The average molecular weight is 517 g/mol. The van der Waals surface area contributed by atoms with Gasteiger partial charge >= 0.3 is 24.4 Å². The molecule has 0 saturated heterocycles. The summed E-state index contributed by atoms with van der Waals surface area (Å²) in [5, 5.41) is 25.6. The van der Waals surface area contributed by atoms with Gasteiger partial charge in [0, 0.05) is 5.69 Å². The number of rotatable bonds is 6. The molecule has 2 aromatic carbocycles. The highest BCUT2D eigenvalue weighted by molar-refractivity contribution is 6.08. The Kier molecular flexibility index (Phi) is 6.85. The second-order valence-corrected chi connectivity index (χ2v) is 7.08. The van der Waals surface area contributed by atoms with E-state index >= 15 is 0 Å². The van der Waals surface area contributed by atoms with Gasteiger partial charge in [0.15, 0.2) is 5.82 Å². The summed E-state index contributed by atoms with van der Waals surface area (Å²) in [4.78, 5) is 35.8. The number of primary amides is 1. The summed E-state index contributed by atoms with van der Waals surface area (Å²) < 4.78 is 78.5. The van der Waals surface area contributed by atoms with Crippen molar-refractivity contribution >= 4 is 29.3 Å². The molecule has 1 heterocycles. The van der Waals surface area contributed by atoms with Gasteiger partial charge in [0.2, 0.25) is 5.91 Å². The fourth-order valence-corrected chi connectivity index (χ4v) is 3.16. The molecule has 6 N–H and O–H groups in total. The molecule has 0 aliphatic rings. The number of hydrogen-bond acceptors (Lipinski definition) is 6. The van der Waals surface area contributed by atoms with E-state index in [0.717, 1.165) is 12.1 Å². The Morgan fingerprint density at radius 1 is 0.972 bits per heavy atom. The zero-order valence-electron chi connectivity index (χ0n) is 17.5. The van der Waals surface area contributed by atoms with Gasteiger partial charge in [0.05, 0.1) is 34.4 Å². The second kappa shape index (κ2) is 9.51. The molecule has 3 rings (SSSR count). The predicted octanol–water partition coefficient (Wildman–Crippen LogP) is 3.27. The summed E-state index contributed by atoms with van der Waals surface area (Å²) >= 11 is 0. The molecule has 0 atom stereocenters. The maximum absolute atomic E-state index is 13.1. The molecular weight excluding hydrogens is 504 g/mol. The highest BCUT2D eigenvalue weighted by Gasteiger charge is 2.37. The molecule has 0 fully saturated rings. The third-order valence-electron chi connectivity index (χ3n) is 4.56. The normalized spacial score (nSPS) is 11.7. The molecule has 0 radical (unpaired) electrons. The fraction of sp³-hybridized carbons (Fsp3) is 0.158. The number of amides is 3. The Morgan fingerprint density at radius 3 is 2.06 bits per heavy atom. The molecule has 17 heteroatoms. The van der Waals surface area contributed by atoms with Crippen LogP contribution in [-0.2, 0) is 23.6 Å². The fourth-order valence-electron chi connectivity index (χ4n) is 3.16. The lowest BCUT2D eigenvalue weighted by molar-refractivity contribution is -0.143. The molecule has 0 saturated carbocycles. The number of aliphatic carboxylic acids is 1. The molecule has 0 aliphatic heterocycles. The molecular formula is C19H13F6N7O4. The summed E-state index contributed by atoms with van der Waals surface area (Å²) in [5.41, 5.74) is 0.218. The highest BCUT2D eigenvalue weighted by Crippen LogP contribution is 2.38. The molecule has 0 unspecified atom stereocenters. The Hall–Kier alpha value is -4.70. The van der Waals surface area contributed by atoms with E-state index in [0.29, 0.717) is 12.1 Å². The molecule has 1 aromatic heterocycles. The quantitative estimate of drug-likeness (QED) is 0.312. The maximum Gasteiger partial charge on any atom is 0.416 e. The van der Waals surface area contributed by atoms with E-state index in [4.69, 9.17) is 10.8 Å². The minimum atomic E-state index is -5.14. The number of H-pyrrole nitrogens is 1. The van der Waals surface area contributed by atoms with E-state index in [1.807, 2.05) is 5.32 Å². The van der Waals surface area contributed by atoms with E-state index < -0.39 is 59.1 Å². The van der Waals surface area contributed by atoms with Crippen LogP contribution in [0.1, 0.15) is 27.0 Å². The Morgan fingerprint density at radius 2 is 1.58 bits per heavy atom. The zero-order chi connectivity index (χ0) is 26.8. The third-order valence-corrected chi connectivity index (χ3v) is 4.56. The van der Waals surface area contributed by atoms with Crippen molar-refractivity contribution in [3.8, 4) is 11.4 Å². The summed E-state index contributed by atoms with van der Waals surface area (Å²) in [6.45, 7) is 0. The molecule has 0 spiro atoms. The second-order valence-electron chi connectivity index (χ2n) is 7.08. The van der Waals surface area contributed by atoms with Crippen LogP contribution in [0.25, 0.3) is 11.4 Å². The van der Waals surface area contributed by atoms with E-state index in [1.165, 1.54) is 0 Å². The maximum atomic E-state index is 13.1. The van der Waals surface area contributed by atoms with Gasteiger partial charge in [-0.15, -0.1) is 5.10 Å². The first kappa shape index (κ1) is 25.9. The van der Waals surface area contributed by atoms with Crippen LogP contribution in [0.15, 0.2) is 30.3 Å². The number of aromatic nitrogens is 4. The number of tetrazole rings is 1. The van der Waals surface area contributed by atoms with E-state index in [9.17, 15) is 40.7 Å². The van der Waals surface area contributed by atoms with Crippen molar-refractivity contribution < 1.29 is 45.8 Å². The van der Waals surface area contributed by atoms with Gasteiger partial charge in [-0.05, 0) is 40.3 Å². The van der Waals surface area contributed by atoms with Gasteiger partial charge in [0.25, 0.3) is 0 Å². The van der Waals surface area contributed by atoms with Crippen molar-refractivity contribution in [2.75, 3.05) is 10.6 Å². The average Bonchev–Trinajstić information content (AvgIpc) is 3.26. The summed E-state index contributed by atoms with van der Waals surface area (Å²) in [6, 6.07) is 1.41. The molecule has 0 aliphatic carbocycles. The van der Waals surface area contributed by atoms with Gasteiger partial charge in [-0.3, -0.25) is 9.59 Å². The Balaban J connectivity index is 2.03. The first-order chi connectivity index (χ1) is 16.7. The first-order valence-electron chi connectivity index (χ1n) is 9.46. The summed E-state index contributed by atoms with van der Waals surface area (Å²) in [5.74, 6) is -2.71. The molecule has 11 nitrogen and oxygen atoms in total. The smallest absolute Gasteiger partial charge is 0.416 e.